The van der Waals surface area contributed by atoms with E-state index in [0.717, 1.165) is 96.8 Å². The van der Waals surface area contributed by atoms with Crippen molar-refractivity contribution in [3.05, 3.63) is 23.4 Å². The van der Waals surface area contributed by atoms with E-state index in [1.807, 2.05) is 11.6 Å². The summed E-state index contributed by atoms with van der Waals surface area (Å²) >= 11 is 1.47. The number of aryl methyl sites for hydroxylation is 1. The molecule has 6 rings (SSSR count). The van der Waals surface area contributed by atoms with Gasteiger partial charge in [0.1, 0.15) is 17.0 Å². The van der Waals surface area contributed by atoms with Crippen LogP contribution in [0.2, 0.25) is 0 Å². The molecule has 190 valence electrons. The van der Waals surface area contributed by atoms with Gasteiger partial charge in [-0.2, -0.15) is 14.7 Å². The molecule has 0 bridgehead atoms. The van der Waals surface area contributed by atoms with Crippen molar-refractivity contribution in [2.24, 2.45) is 0 Å². The Kier molecular flexibility index (Phi) is 6.44. The first kappa shape index (κ1) is 23.8. The lowest BCUT2D eigenvalue weighted by atomic mass is 9.70. The summed E-state index contributed by atoms with van der Waals surface area (Å²) in [4.78, 5) is 7.56. The SMILES string of the molecule is Cc1cc(-c2nsc3c(C4(C#N)CCCCC4)cc(N4CCOCC4C)nc23)n(C2CCCCO2)n1. The first-order valence-electron chi connectivity index (χ1n) is 13.3. The Bertz CT molecular complexity index is 1280. The van der Waals surface area contributed by atoms with Crippen LogP contribution in [-0.4, -0.2) is 51.5 Å². The lowest BCUT2D eigenvalue weighted by Gasteiger charge is -2.36. The second-order valence-electron chi connectivity index (χ2n) is 10.5. The summed E-state index contributed by atoms with van der Waals surface area (Å²) in [7, 11) is 0. The Morgan fingerprint density at radius 1 is 1.14 bits per heavy atom. The van der Waals surface area contributed by atoms with Crippen LogP contribution in [0.4, 0.5) is 5.82 Å². The van der Waals surface area contributed by atoms with Crippen LogP contribution >= 0.6 is 11.5 Å². The predicted molar refractivity (Wildman–Crippen MR) is 140 cm³/mol. The van der Waals surface area contributed by atoms with Crippen molar-refractivity contribution < 1.29 is 9.47 Å². The first-order valence-corrected chi connectivity index (χ1v) is 14.1. The van der Waals surface area contributed by atoms with Gasteiger partial charge in [0.2, 0.25) is 0 Å². The van der Waals surface area contributed by atoms with E-state index in [0.29, 0.717) is 13.2 Å². The molecule has 3 aromatic heterocycles. The third kappa shape index (κ3) is 4.09. The summed E-state index contributed by atoms with van der Waals surface area (Å²) in [6.07, 6.45) is 8.23. The van der Waals surface area contributed by atoms with Gasteiger partial charge in [-0.15, -0.1) is 0 Å². The second kappa shape index (κ2) is 9.73. The maximum Gasteiger partial charge on any atom is 0.150 e. The minimum atomic E-state index is -0.490. The van der Waals surface area contributed by atoms with E-state index in [-0.39, 0.29) is 12.3 Å². The Morgan fingerprint density at radius 2 is 2.00 bits per heavy atom. The second-order valence-corrected chi connectivity index (χ2v) is 11.3. The molecular formula is C27H34N6O2S. The zero-order valence-electron chi connectivity index (χ0n) is 21.2. The number of anilines is 1. The summed E-state index contributed by atoms with van der Waals surface area (Å²) in [5.74, 6) is 0.923. The molecule has 1 aliphatic carbocycles. The van der Waals surface area contributed by atoms with E-state index in [1.54, 1.807) is 0 Å². The smallest absolute Gasteiger partial charge is 0.150 e. The lowest BCUT2D eigenvalue weighted by molar-refractivity contribution is -0.0385. The highest BCUT2D eigenvalue weighted by Crippen LogP contribution is 2.46. The van der Waals surface area contributed by atoms with Crippen molar-refractivity contribution in [1.82, 2.24) is 19.1 Å². The maximum atomic E-state index is 10.5. The Labute approximate surface area is 216 Å². The van der Waals surface area contributed by atoms with E-state index in [4.69, 9.17) is 23.9 Å². The molecule has 1 saturated carbocycles. The van der Waals surface area contributed by atoms with Crippen LogP contribution in [0.25, 0.3) is 21.6 Å². The highest BCUT2D eigenvalue weighted by atomic mass is 32.1. The standard InChI is InChI=1S/C27H34N6O2S/c1-18-14-21(33(30-18)23-8-4-7-12-35-23)24-25-26(36-31-24)20(27(17-28)9-5-3-6-10-27)15-22(29-25)32-11-13-34-16-19(32)2/h14-15,19,23H,3-13,16H2,1-2H3. The number of nitriles is 1. The molecule has 3 fully saturated rings. The number of aromatic nitrogens is 4. The molecule has 0 aromatic carbocycles. The molecule has 9 heteroatoms. The summed E-state index contributed by atoms with van der Waals surface area (Å²) in [5.41, 5.74) is 4.23. The number of ether oxygens (including phenoxy) is 2. The summed E-state index contributed by atoms with van der Waals surface area (Å²) < 4.78 is 19.8. The minimum Gasteiger partial charge on any atom is -0.377 e. The summed E-state index contributed by atoms with van der Waals surface area (Å²) in [5, 5.41) is 15.3. The number of hydrogen-bond donors (Lipinski definition) is 0. The fraction of sp³-hybridized carbons (Fsp3) is 0.630. The van der Waals surface area contributed by atoms with Gasteiger partial charge in [-0.3, -0.25) is 0 Å². The molecule has 0 amide bonds. The molecule has 2 saturated heterocycles. The maximum absolute atomic E-state index is 10.5. The number of morpholine rings is 1. The molecular weight excluding hydrogens is 472 g/mol. The molecule has 5 heterocycles. The van der Waals surface area contributed by atoms with Crippen molar-refractivity contribution in [2.75, 3.05) is 31.3 Å². The summed E-state index contributed by atoms with van der Waals surface area (Å²) in [6.45, 7) is 7.10. The van der Waals surface area contributed by atoms with Gasteiger partial charge in [0.15, 0.2) is 6.23 Å². The number of fused-ring (bicyclic) bond motifs is 1. The van der Waals surface area contributed by atoms with E-state index in [1.165, 1.54) is 18.0 Å². The molecule has 0 radical (unpaired) electrons. The third-order valence-electron chi connectivity index (χ3n) is 8.04. The minimum absolute atomic E-state index is 0.0788. The van der Waals surface area contributed by atoms with E-state index < -0.39 is 5.41 Å². The average Bonchev–Trinajstić information content (AvgIpc) is 3.52. The Balaban J connectivity index is 1.55. The van der Waals surface area contributed by atoms with Crippen molar-refractivity contribution in [3.63, 3.8) is 0 Å². The van der Waals surface area contributed by atoms with Gasteiger partial charge in [-0.25, -0.2) is 9.67 Å². The van der Waals surface area contributed by atoms with Gasteiger partial charge >= 0.3 is 0 Å². The highest BCUT2D eigenvalue weighted by Gasteiger charge is 2.38. The van der Waals surface area contributed by atoms with Crippen LogP contribution < -0.4 is 4.90 Å². The van der Waals surface area contributed by atoms with Gasteiger partial charge in [-0.1, -0.05) is 19.3 Å². The van der Waals surface area contributed by atoms with E-state index in [2.05, 4.69) is 30.0 Å². The molecule has 8 nitrogen and oxygen atoms in total. The summed E-state index contributed by atoms with van der Waals surface area (Å²) in [6, 6.07) is 7.26. The van der Waals surface area contributed by atoms with Crippen LogP contribution in [-0.2, 0) is 14.9 Å². The van der Waals surface area contributed by atoms with Crippen LogP contribution in [0.15, 0.2) is 12.1 Å². The van der Waals surface area contributed by atoms with Crippen molar-refractivity contribution >= 4 is 27.6 Å². The Hall–Kier alpha value is -2.54. The van der Waals surface area contributed by atoms with Crippen molar-refractivity contribution in [1.29, 1.82) is 5.26 Å². The van der Waals surface area contributed by atoms with Gasteiger partial charge < -0.3 is 14.4 Å². The van der Waals surface area contributed by atoms with Gasteiger partial charge in [0.05, 0.1) is 46.8 Å². The van der Waals surface area contributed by atoms with Gasteiger partial charge in [0.25, 0.3) is 0 Å². The number of pyridine rings is 1. The first-order chi connectivity index (χ1) is 17.6. The number of rotatable bonds is 4. The molecule has 2 atom stereocenters. The van der Waals surface area contributed by atoms with Gasteiger partial charge in [-0.05, 0) is 75.2 Å². The van der Waals surface area contributed by atoms with E-state index in [9.17, 15) is 5.26 Å². The zero-order valence-corrected chi connectivity index (χ0v) is 22.0. The fourth-order valence-corrected chi connectivity index (χ4v) is 7.02. The molecule has 3 aromatic rings. The molecule has 2 unspecified atom stereocenters. The number of hydrogen-bond acceptors (Lipinski definition) is 8. The topological polar surface area (TPSA) is 89.1 Å². The highest BCUT2D eigenvalue weighted by molar-refractivity contribution is 7.13. The molecule has 3 aliphatic rings. The lowest BCUT2D eigenvalue weighted by Crippen LogP contribution is -2.44. The molecule has 0 N–H and O–H groups in total. The zero-order chi connectivity index (χ0) is 24.7. The molecule has 0 spiro atoms. The van der Waals surface area contributed by atoms with Crippen LogP contribution in [0, 0.1) is 18.3 Å². The molecule has 2 aliphatic heterocycles. The van der Waals surface area contributed by atoms with Crippen molar-refractivity contribution in [2.45, 2.75) is 82.9 Å². The number of nitrogens with zero attached hydrogens (tertiary/aromatic N) is 6. The van der Waals surface area contributed by atoms with Crippen LogP contribution in [0.3, 0.4) is 0 Å². The predicted octanol–water partition coefficient (Wildman–Crippen LogP) is 5.51. The van der Waals surface area contributed by atoms with E-state index >= 15 is 0 Å². The van der Waals surface area contributed by atoms with Crippen LogP contribution in [0.5, 0.6) is 0 Å². The monoisotopic (exact) mass is 506 g/mol. The van der Waals surface area contributed by atoms with Crippen molar-refractivity contribution in [3.8, 4) is 17.5 Å². The largest absolute Gasteiger partial charge is 0.377 e. The Morgan fingerprint density at radius 3 is 2.75 bits per heavy atom. The van der Waals surface area contributed by atoms with Crippen LogP contribution in [0.1, 0.15) is 75.8 Å². The fourth-order valence-electron chi connectivity index (χ4n) is 6.07. The average molecular weight is 507 g/mol. The molecule has 36 heavy (non-hydrogen) atoms. The normalized spacial score (nSPS) is 24.6. The quantitative estimate of drug-likeness (QED) is 0.461. The third-order valence-corrected chi connectivity index (χ3v) is 8.91. The van der Waals surface area contributed by atoms with Gasteiger partial charge in [0, 0.05) is 13.2 Å².